The molecule has 200 valence electrons. The number of carbonyl (C=O) groups excluding carboxylic acids is 3. The number of carbonyl (C=O) groups is 4. The van der Waals surface area contributed by atoms with Gasteiger partial charge in [-0.25, -0.2) is 9.78 Å². The van der Waals surface area contributed by atoms with Gasteiger partial charge in [0, 0.05) is 46.9 Å². The number of carboxylic acid groups (broad SMARTS) is 1. The smallest absolute Gasteiger partial charge is 0.326 e. The summed E-state index contributed by atoms with van der Waals surface area (Å²) in [5, 5.41) is 16.7. The van der Waals surface area contributed by atoms with Crippen LogP contribution in [-0.2, 0) is 22.6 Å². The Labute approximate surface area is 227 Å². The normalized spacial score (nSPS) is 20.4. The number of aromatic nitrogens is 2. The van der Waals surface area contributed by atoms with E-state index in [9.17, 15) is 24.3 Å². The van der Waals surface area contributed by atoms with E-state index in [0.717, 1.165) is 28.9 Å². The molecule has 4 heterocycles. The second-order valence-electron chi connectivity index (χ2n) is 9.58. The lowest BCUT2D eigenvalue weighted by Gasteiger charge is -2.23. The van der Waals surface area contributed by atoms with Crippen LogP contribution in [0.5, 0.6) is 0 Å². The van der Waals surface area contributed by atoms with Crippen LogP contribution < -0.4 is 10.6 Å². The minimum Gasteiger partial charge on any atom is -0.480 e. The van der Waals surface area contributed by atoms with E-state index in [4.69, 9.17) is 11.6 Å². The molecule has 4 N–H and O–H groups in total. The van der Waals surface area contributed by atoms with Gasteiger partial charge in [-0.2, -0.15) is 0 Å². The number of aliphatic carboxylic acids is 1. The van der Waals surface area contributed by atoms with Crippen molar-refractivity contribution in [3.63, 3.8) is 0 Å². The summed E-state index contributed by atoms with van der Waals surface area (Å²) in [6.07, 6.45) is 0.925. The van der Waals surface area contributed by atoms with Gasteiger partial charge in [0.05, 0.1) is 11.7 Å². The molecule has 11 nitrogen and oxygen atoms in total. The molecule has 2 aromatic heterocycles. The van der Waals surface area contributed by atoms with Crippen molar-refractivity contribution in [1.82, 2.24) is 30.4 Å². The van der Waals surface area contributed by atoms with Gasteiger partial charge in [-0.1, -0.05) is 18.5 Å². The van der Waals surface area contributed by atoms with E-state index in [1.54, 1.807) is 31.2 Å². The van der Waals surface area contributed by atoms with Gasteiger partial charge in [-0.15, -0.1) is 11.3 Å². The molecule has 0 saturated carbocycles. The minimum absolute atomic E-state index is 0.0591. The molecule has 0 bridgehead atoms. The molecule has 3 amide bonds. The fourth-order valence-electron chi connectivity index (χ4n) is 4.95. The number of nitrogens with one attached hydrogen (secondary N) is 3. The highest BCUT2D eigenvalue weighted by molar-refractivity contribution is 7.13. The van der Waals surface area contributed by atoms with Gasteiger partial charge < -0.3 is 30.5 Å². The molecule has 38 heavy (non-hydrogen) atoms. The van der Waals surface area contributed by atoms with Crippen LogP contribution in [0.3, 0.4) is 0 Å². The molecule has 1 aromatic carbocycles. The summed E-state index contributed by atoms with van der Waals surface area (Å²) in [6.45, 7) is 3.17. The fraction of sp³-hybridized carbons (Fsp3) is 0.400. The average Bonchev–Trinajstić information content (AvgIpc) is 3.56. The molecule has 5 rings (SSSR count). The van der Waals surface area contributed by atoms with Crippen LogP contribution >= 0.6 is 22.9 Å². The monoisotopic (exact) mass is 558 g/mol. The van der Waals surface area contributed by atoms with E-state index in [-0.39, 0.29) is 23.7 Å². The number of amides is 3. The molecule has 1 fully saturated rings. The maximum atomic E-state index is 13.4. The van der Waals surface area contributed by atoms with E-state index < -0.39 is 41.8 Å². The fourth-order valence-corrected chi connectivity index (χ4v) is 6.23. The van der Waals surface area contributed by atoms with E-state index in [1.165, 1.54) is 16.2 Å². The summed E-state index contributed by atoms with van der Waals surface area (Å²) in [5.74, 6) is -2.75. The highest BCUT2D eigenvalue weighted by atomic mass is 35.5. The first-order valence-corrected chi connectivity index (χ1v) is 13.4. The highest BCUT2D eigenvalue weighted by Crippen LogP contribution is 2.26. The van der Waals surface area contributed by atoms with Gasteiger partial charge >= 0.3 is 5.97 Å². The van der Waals surface area contributed by atoms with Crippen LogP contribution in [0, 0.1) is 0 Å². The van der Waals surface area contributed by atoms with Crippen molar-refractivity contribution in [3.8, 4) is 0 Å². The maximum Gasteiger partial charge on any atom is 0.326 e. The number of halogens is 1. The number of fused-ring (bicyclic) bond motifs is 2. The standard InChI is InChI=1S/C25H27ClN6O5S/c1-3-18(25(36)37)32-10-17(28-22(34)23-29-15-6-7-31(2)11-19(15)38-23)20(24(32)35)30-21(33)16-9-12-8-13(26)4-5-14(12)27-16/h4-5,8-9,17-18,20,27H,3,6-7,10-11H2,1-2H3,(H,28,34)(H,30,33)(H,36,37)/t17?,18-,20?/m1/s1. The van der Waals surface area contributed by atoms with Gasteiger partial charge in [0.2, 0.25) is 5.91 Å². The largest absolute Gasteiger partial charge is 0.480 e. The molecule has 13 heteroatoms. The Morgan fingerprint density at radius 1 is 1.26 bits per heavy atom. The molecule has 3 aromatic rings. The Kier molecular flexibility index (Phi) is 7.12. The summed E-state index contributed by atoms with van der Waals surface area (Å²) in [7, 11) is 2.00. The molecule has 3 atom stereocenters. The van der Waals surface area contributed by atoms with Crippen molar-refractivity contribution in [2.45, 2.75) is 44.4 Å². The number of carboxylic acids is 1. The summed E-state index contributed by atoms with van der Waals surface area (Å²) in [4.78, 5) is 63.4. The highest BCUT2D eigenvalue weighted by Gasteiger charge is 2.46. The zero-order valence-electron chi connectivity index (χ0n) is 20.8. The SMILES string of the molecule is CC[C@H](C(=O)O)N1CC(NC(=O)c2nc3c(s2)CN(C)CC3)C(NC(=O)c2cc3cc(Cl)ccc3[nH]2)C1=O. The predicted molar refractivity (Wildman–Crippen MR) is 141 cm³/mol. The number of hydrogen-bond donors (Lipinski definition) is 4. The Morgan fingerprint density at radius 3 is 2.79 bits per heavy atom. The lowest BCUT2D eigenvalue weighted by atomic mass is 10.1. The predicted octanol–water partition coefficient (Wildman–Crippen LogP) is 1.87. The molecule has 2 aliphatic rings. The third-order valence-corrected chi connectivity index (χ3v) is 8.26. The van der Waals surface area contributed by atoms with Crippen LogP contribution in [-0.4, -0.2) is 86.8 Å². The van der Waals surface area contributed by atoms with Gasteiger partial charge in [0.1, 0.15) is 17.8 Å². The number of hydrogen-bond acceptors (Lipinski definition) is 7. The molecule has 0 aliphatic carbocycles. The first kappa shape index (κ1) is 26.1. The third kappa shape index (κ3) is 4.98. The summed E-state index contributed by atoms with van der Waals surface area (Å²) in [5.41, 5.74) is 1.79. The Morgan fingerprint density at radius 2 is 2.05 bits per heavy atom. The molecular weight excluding hydrogens is 532 g/mol. The Bertz CT molecular complexity index is 1440. The number of rotatable bonds is 7. The second-order valence-corrected chi connectivity index (χ2v) is 11.1. The first-order chi connectivity index (χ1) is 18.1. The van der Waals surface area contributed by atoms with Crippen molar-refractivity contribution >= 4 is 57.5 Å². The summed E-state index contributed by atoms with van der Waals surface area (Å²) >= 11 is 7.35. The number of H-pyrrole nitrogens is 1. The number of aromatic amines is 1. The van der Waals surface area contributed by atoms with Crippen molar-refractivity contribution in [3.05, 3.63) is 50.6 Å². The quantitative estimate of drug-likeness (QED) is 0.346. The van der Waals surface area contributed by atoms with Crippen molar-refractivity contribution in [2.75, 3.05) is 20.1 Å². The minimum atomic E-state index is -1.16. The van der Waals surface area contributed by atoms with Crippen molar-refractivity contribution in [1.29, 1.82) is 0 Å². The Balaban J connectivity index is 1.39. The average molecular weight is 559 g/mol. The molecule has 0 radical (unpaired) electrons. The van der Waals surface area contributed by atoms with E-state index >= 15 is 0 Å². The molecule has 2 unspecified atom stereocenters. The van der Waals surface area contributed by atoms with Gasteiger partial charge in [-0.05, 0) is 37.7 Å². The lowest BCUT2D eigenvalue weighted by Crippen LogP contribution is -2.52. The van der Waals surface area contributed by atoms with Crippen LogP contribution in [0.2, 0.25) is 5.02 Å². The first-order valence-electron chi connectivity index (χ1n) is 12.2. The van der Waals surface area contributed by atoms with E-state index in [0.29, 0.717) is 17.1 Å². The third-order valence-electron chi connectivity index (χ3n) is 6.94. The van der Waals surface area contributed by atoms with Gasteiger partial charge in [-0.3, -0.25) is 14.4 Å². The van der Waals surface area contributed by atoms with Crippen molar-refractivity contribution < 1.29 is 24.3 Å². The topological polar surface area (TPSA) is 148 Å². The number of benzene rings is 1. The molecule has 2 aliphatic heterocycles. The van der Waals surface area contributed by atoms with Crippen LogP contribution in [0.25, 0.3) is 10.9 Å². The Hall–Kier alpha value is -3.48. The van der Waals surface area contributed by atoms with Gasteiger partial charge in [0.15, 0.2) is 5.01 Å². The number of likely N-dealkylation sites (tertiary alicyclic amines) is 1. The van der Waals surface area contributed by atoms with Crippen LogP contribution in [0.15, 0.2) is 24.3 Å². The van der Waals surface area contributed by atoms with Gasteiger partial charge in [0.25, 0.3) is 11.8 Å². The number of thiazole rings is 1. The van der Waals surface area contributed by atoms with E-state index in [2.05, 4.69) is 25.5 Å². The lowest BCUT2D eigenvalue weighted by molar-refractivity contribution is -0.148. The molecular formula is C25H27ClN6O5S. The molecule has 0 spiro atoms. The van der Waals surface area contributed by atoms with Crippen LogP contribution in [0.1, 0.15) is 44.2 Å². The molecule has 1 saturated heterocycles. The van der Waals surface area contributed by atoms with E-state index in [1.807, 2.05) is 7.05 Å². The summed E-state index contributed by atoms with van der Waals surface area (Å²) in [6, 6.07) is 3.66. The van der Waals surface area contributed by atoms with Crippen LogP contribution in [0.4, 0.5) is 0 Å². The zero-order chi connectivity index (χ0) is 27.1. The second kappa shape index (κ2) is 10.4. The number of likely N-dealkylation sites (N-methyl/N-ethyl adjacent to an activating group) is 1. The maximum absolute atomic E-state index is 13.4. The number of nitrogens with zero attached hydrogens (tertiary/aromatic N) is 3. The zero-order valence-corrected chi connectivity index (χ0v) is 22.4. The summed E-state index contributed by atoms with van der Waals surface area (Å²) < 4.78 is 0. The van der Waals surface area contributed by atoms with Crippen molar-refractivity contribution in [2.24, 2.45) is 0 Å².